The molecule has 1 fully saturated rings. The van der Waals surface area contributed by atoms with Crippen molar-refractivity contribution in [1.82, 2.24) is 10.2 Å². The van der Waals surface area contributed by atoms with Crippen LogP contribution in [0.5, 0.6) is 0 Å². The van der Waals surface area contributed by atoms with Gasteiger partial charge in [0, 0.05) is 13.1 Å². The lowest BCUT2D eigenvalue weighted by Crippen LogP contribution is -2.58. The molecule has 2 atom stereocenters. The average Bonchev–Trinajstić information content (AvgIpc) is 2.58. The summed E-state index contributed by atoms with van der Waals surface area (Å²) in [5.41, 5.74) is 1.25. The molecule has 0 aliphatic carbocycles. The van der Waals surface area contributed by atoms with Gasteiger partial charge in [-0.25, -0.2) is 4.79 Å². The Morgan fingerprint density at radius 3 is 2.64 bits per heavy atom. The molecule has 2 aromatic carbocycles. The van der Waals surface area contributed by atoms with Gasteiger partial charge in [-0.2, -0.15) is 0 Å². The summed E-state index contributed by atoms with van der Waals surface area (Å²) in [7, 11) is 0. The van der Waals surface area contributed by atoms with Gasteiger partial charge in [-0.15, -0.1) is 0 Å². The van der Waals surface area contributed by atoms with Gasteiger partial charge in [0.15, 0.2) is 0 Å². The third-order valence-corrected chi connectivity index (χ3v) is 4.96. The van der Waals surface area contributed by atoms with Crippen molar-refractivity contribution in [3.05, 3.63) is 48.0 Å². The van der Waals surface area contributed by atoms with Crippen LogP contribution in [0.4, 0.5) is 0 Å². The number of carboxylic acids is 1. The maximum Gasteiger partial charge on any atom is 0.326 e. The maximum absolute atomic E-state index is 12.3. The molecule has 2 aromatic rings. The zero-order chi connectivity index (χ0) is 17.8. The molecule has 0 aromatic heterocycles. The fourth-order valence-electron chi connectivity index (χ4n) is 3.28. The molecule has 1 heterocycles. The van der Waals surface area contributed by atoms with Gasteiger partial charge in [0.2, 0.25) is 5.91 Å². The van der Waals surface area contributed by atoms with Crippen LogP contribution in [0.15, 0.2) is 42.5 Å². The highest BCUT2D eigenvalue weighted by atomic mass is 16.4. The van der Waals surface area contributed by atoms with E-state index in [1.807, 2.05) is 12.1 Å². The first-order valence-electron chi connectivity index (χ1n) is 8.83. The van der Waals surface area contributed by atoms with Crippen LogP contribution in [-0.2, 0) is 16.0 Å². The quantitative estimate of drug-likeness (QED) is 0.812. The summed E-state index contributed by atoms with van der Waals surface area (Å²) >= 11 is 0. The van der Waals surface area contributed by atoms with Gasteiger partial charge in [-0.3, -0.25) is 9.69 Å². The number of carboxylic acid groups (broad SMARTS) is 1. The van der Waals surface area contributed by atoms with Crippen LogP contribution in [0.1, 0.15) is 25.3 Å². The number of likely N-dealkylation sites (tertiary alicyclic amines) is 1. The van der Waals surface area contributed by atoms with Crippen molar-refractivity contribution < 1.29 is 14.7 Å². The molecule has 25 heavy (non-hydrogen) atoms. The van der Waals surface area contributed by atoms with E-state index in [1.54, 1.807) is 6.92 Å². The maximum atomic E-state index is 12.3. The van der Waals surface area contributed by atoms with Gasteiger partial charge in [-0.1, -0.05) is 49.4 Å². The largest absolute Gasteiger partial charge is 0.480 e. The van der Waals surface area contributed by atoms with Crippen molar-refractivity contribution in [1.29, 1.82) is 0 Å². The fourth-order valence-corrected chi connectivity index (χ4v) is 3.28. The second kappa shape index (κ2) is 7.66. The van der Waals surface area contributed by atoms with Crippen LogP contribution in [0.25, 0.3) is 10.8 Å². The minimum atomic E-state index is -0.974. The Morgan fingerprint density at radius 2 is 2.00 bits per heavy atom. The van der Waals surface area contributed by atoms with E-state index in [0.717, 1.165) is 25.9 Å². The minimum Gasteiger partial charge on any atom is -0.480 e. The molecule has 0 saturated carbocycles. The Bertz CT molecular complexity index is 774. The molecule has 2 N–H and O–H groups in total. The smallest absolute Gasteiger partial charge is 0.326 e. The predicted molar refractivity (Wildman–Crippen MR) is 97.5 cm³/mol. The highest BCUT2D eigenvalue weighted by molar-refractivity contribution is 5.87. The number of rotatable bonds is 7. The minimum absolute atomic E-state index is 0.168. The van der Waals surface area contributed by atoms with E-state index in [4.69, 9.17) is 5.11 Å². The number of aliphatic carboxylic acids is 1. The molecule has 1 saturated heterocycles. The molecular weight excluding hydrogens is 316 g/mol. The van der Waals surface area contributed by atoms with Crippen LogP contribution < -0.4 is 5.32 Å². The van der Waals surface area contributed by atoms with Crippen molar-refractivity contribution in [2.24, 2.45) is 0 Å². The van der Waals surface area contributed by atoms with E-state index in [-0.39, 0.29) is 11.9 Å². The zero-order valence-electron chi connectivity index (χ0n) is 14.4. The summed E-state index contributed by atoms with van der Waals surface area (Å²) in [5.74, 6) is -1.14. The molecule has 1 amide bonds. The first kappa shape index (κ1) is 17.4. The fraction of sp³-hybridized carbons (Fsp3) is 0.400. The predicted octanol–water partition coefficient (Wildman–Crippen LogP) is 2.44. The Labute approximate surface area is 147 Å². The number of hydrogen-bond acceptors (Lipinski definition) is 3. The van der Waals surface area contributed by atoms with Crippen molar-refractivity contribution in [2.75, 3.05) is 13.1 Å². The molecule has 5 heteroatoms. The lowest BCUT2D eigenvalue weighted by Gasteiger charge is -2.40. The van der Waals surface area contributed by atoms with E-state index < -0.39 is 12.0 Å². The van der Waals surface area contributed by atoms with Crippen LogP contribution in [-0.4, -0.2) is 47.1 Å². The number of nitrogens with zero attached hydrogens (tertiary/aromatic N) is 1. The van der Waals surface area contributed by atoms with Crippen molar-refractivity contribution in [3.63, 3.8) is 0 Å². The number of carbonyl (C=O) groups is 2. The molecule has 2 unspecified atom stereocenters. The van der Waals surface area contributed by atoms with E-state index in [9.17, 15) is 9.59 Å². The number of nitrogens with one attached hydrogen (secondary N) is 1. The van der Waals surface area contributed by atoms with Gasteiger partial charge in [-0.05, 0) is 35.6 Å². The first-order valence-corrected chi connectivity index (χ1v) is 8.83. The number of fused-ring (bicyclic) bond motifs is 1. The van der Waals surface area contributed by atoms with Crippen molar-refractivity contribution in [2.45, 2.75) is 38.3 Å². The molecule has 132 valence electrons. The van der Waals surface area contributed by atoms with Crippen molar-refractivity contribution in [3.8, 4) is 0 Å². The second-order valence-corrected chi connectivity index (χ2v) is 6.58. The molecule has 3 rings (SSSR count). The van der Waals surface area contributed by atoms with Gasteiger partial charge >= 0.3 is 5.97 Å². The van der Waals surface area contributed by atoms with Gasteiger partial charge in [0.25, 0.3) is 0 Å². The third kappa shape index (κ3) is 3.99. The van der Waals surface area contributed by atoms with Crippen LogP contribution in [0, 0.1) is 0 Å². The zero-order valence-corrected chi connectivity index (χ0v) is 14.4. The summed E-state index contributed by atoms with van der Waals surface area (Å²) < 4.78 is 0. The van der Waals surface area contributed by atoms with Gasteiger partial charge < -0.3 is 10.4 Å². The second-order valence-electron chi connectivity index (χ2n) is 6.58. The monoisotopic (exact) mass is 340 g/mol. The Hall–Kier alpha value is -2.40. The first-order chi connectivity index (χ1) is 12.1. The van der Waals surface area contributed by atoms with E-state index >= 15 is 0 Å². The lowest BCUT2D eigenvalue weighted by atomic mass is 9.99. The number of carbonyl (C=O) groups excluding carboxylic acids is 1. The van der Waals surface area contributed by atoms with Gasteiger partial charge in [0.05, 0.1) is 6.04 Å². The molecule has 5 nitrogen and oxygen atoms in total. The normalized spacial score (nSPS) is 18.5. The summed E-state index contributed by atoms with van der Waals surface area (Å²) in [6.45, 7) is 3.45. The molecular formula is C20H24N2O3. The molecule has 1 aliphatic rings. The average molecular weight is 340 g/mol. The van der Waals surface area contributed by atoms with Crippen LogP contribution in [0.2, 0.25) is 0 Å². The molecule has 1 aliphatic heterocycles. The van der Waals surface area contributed by atoms with Crippen LogP contribution in [0.3, 0.4) is 0 Å². The Kier molecular flexibility index (Phi) is 5.34. The summed E-state index contributed by atoms with van der Waals surface area (Å²) in [6, 6.07) is 13.7. The molecule has 0 radical (unpaired) electrons. The third-order valence-electron chi connectivity index (χ3n) is 4.96. The highest BCUT2D eigenvalue weighted by Crippen LogP contribution is 2.20. The Balaban J connectivity index is 1.56. The van der Waals surface area contributed by atoms with E-state index in [2.05, 4.69) is 40.5 Å². The highest BCUT2D eigenvalue weighted by Gasteiger charge is 2.35. The van der Waals surface area contributed by atoms with Gasteiger partial charge in [0.1, 0.15) is 6.04 Å². The number of hydrogen-bond donors (Lipinski definition) is 2. The SMILES string of the molecule is CCC(NC(=O)C1CCN1CCc1ccc2ccccc2c1)C(=O)O. The number of amides is 1. The summed E-state index contributed by atoms with van der Waals surface area (Å²) in [6.07, 6.45) is 2.06. The molecule has 0 bridgehead atoms. The number of benzene rings is 2. The summed E-state index contributed by atoms with van der Waals surface area (Å²) in [4.78, 5) is 25.5. The lowest BCUT2D eigenvalue weighted by molar-refractivity contribution is -0.143. The van der Waals surface area contributed by atoms with E-state index in [1.165, 1.54) is 16.3 Å². The van der Waals surface area contributed by atoms with Crippen LogP contribution >= 0.6 is 0 Å². The van der Waals surface area contributed by atoms with Crippen molar-refractivity contribution >= 4 is 22.6 Å². The topological polar surface area (TPSA) is 69.6 Å². The summed E-state index contributed by atoms with van der Waals surface area (Å²) in [5, 5.41) is 14.2. The standard InChI is InChI=1S/C20H24N2O3/c1-2-17(20(24)25)21-19(23)18-10-12-22(18)11-9-14-7-8-15-5-3-4-6-16(15)13-14/h3-8,13,17-18H,2,9-12H2,1H3,(H,21,23)(H,24,25). The van der Waals surface area contributed by atoms with E-state index in [0.29, 0.717) is 6.42 Å². The molecule has 0 spiro atoms. The Morgan fingerprint density at radius 1 is 1.24 bits per heavy atom.